The van der Waals surface area contributed by atoms with Gasteiger partial charge in [0, 0.05) is 18.8 Å². The van der Waals surface area contributed by atoms with E-state index in [1.165, 1.54) is 37.4 Å². The first-order valence-electron chi connectivity index (χ1n) is 5.65. The molecule has 0 aliphatic carbocycles. The van der Waals surface area contributed by atoms with Crippen LogP contribution in [0.3, 0.4) is 0 Å². The summed E-state index contributed by atoms with van der Waals surface area (Å²) >= 11 is 5.93. The van der Waals surface area contributed by atoms with Gasteiger partial charge in [-0.1, -0.05) is 17.7 Å². The topological polar surface area (TPSA) is 83.6 Å². The number of nitrogens with two attached hydrogens (primary N) is 1. The zero-order valence-electron chi connectivity index (χ0n) is 10.6. The van der Waals surface area contributed by atoms with Crippen molar-refractivity contribution in [3.05, 3.63) is 47.5 Å². The zero-order chi connectivity index (χ0) is 14.9. The van der Waals surface area contributed by atoms with Crippen LogP contribution in [0, 0.1) is 0 Å². The van der Waals surface area contributed by atoms with Crippen molar-refractivity contribution in [3.63, 3.8) is 0 Å². The minimum Gasteiger partial charge on any atom is -0.508 e. The van der Waals surface area contributed by atoms with Crippen LogP contribution < -0.4 is 10.0 Å². The van der Waals surface area contributed by atoms with Crippen molar-refractivity contribution >= 4 is 33.0 Å². The fourth-order valence-electron chi connectivity index (χ4n) is 1.69. The average Bonchev–Trinajstić information content (AvgIpc) is 2.40. The number of phenolic OH excluding ortho intramolecular Hbond substituents is 1. The monoisotopic (exact) mass is 312 g/mol. The average molecular weight is 313 g/mol. The third-order valence-electron chi connectivity index (χ3n) is 2.79. The molecule has 0 radical (unpaired) electrons. The molecule has 7 heteroatoms. The predicted octanol–water partition coefficient (Wildman–Crippen LogP) is 2.45. The molecule has 0 unspecified atom stereocenters. The molecule has 0 aliphatic heterocycles. The van der Waals surface area contributed by atoms with Gasteiger partial charge in [0.1, 0.15) is 10.6 Å². The lowest BCUT2D eigenvalue weighted by Crippen LogP contribution is -2.26. The highest BCUT2D eigenvalue weighted by atomic mass is 35.5. The third kappa shape index (κ3) is 2.66. The smallest absolute Gasteiger partial charge is 0.265 e. The minimum absolute atomic E-state index is 0.0248. The second-order valence-corrected chi connectivity index (χ2v) is 6.53. The van der Waals surface area contributed by atoms with Crippen molar-refractivity contribution in [3.8, 4) is 5.75 Å². The molecule has 0 spiro atoms. The molecule has 2 aromatic carbocycles. The van der Waals surface area contributed by atoms with E-state index in [2.05, 4.69) is 0 Å². The van der Waals surface area contributed by atoms with Gasteiger partial charge in [0.05, 0.1) is 10.7 Å². The Hall–Kier alpha value is -1.92. The summed E-state index contributed by atoms with van der Waals surface area (Å²) in [7, 11) is -2.47. The molecule has 0 aromatic heterocycles. The predicted molar refractivity (Wildman–Crippen MR) is 79.6 cm³/mol. The second-order valence-electron chi connectivity index (χ2n) is 4.18. The molecule has 0 atom stereocenters. The first kappa shape index (κ1) is 14.5. The maximum absolute atomic E-state index is 12.5. The molecule has 2 aromatic rings. The molecule has 0 saturated heterocycles. The van der Waals surface area contributed by atoms with Crippen molar-refractivity contribution in [2.45, 2.75) is 4.90 Å². The Morgan fingerprint density at radius 3 is 2.55 bits per heavy atom. The molecule has 0 bridgehead atoms. The summed E-state index contributed by atoms with van der Waals surface area (Å²) in [4.78, 5) is -0.0787. The summed E-state index contributed by atoms with van der Waals surface area (Å²) in [6.45, 7) is 0. The van der Waals surface area contributed by atoms with Crippen LogP contribution in [0.1, 0.15) is 0 Å². The van der Waals surface area contributed by atoms with Gasteiger partial charge in [0.25, 0.3) is 10.0 Å². The number of anilines is 2. The number of phenols is 1. The van der Waals surface area contributed by atoms with Crippen LogP contribution in [0.5, 0.6) is 5.75 Å². The molecule has 0 fully saturated rings. The number of rotatable bonds is 3. The van der Waals surface area contributed by atoms with E-state index >= 15 is 0 Å². The van der Waals surface area contributed by atoms with E-state index in [-0.39, 0.29) is 15.7 Å². The molecule has 5 nitrogen and oxygen atoms in total. The maximum Gasteiger partial charge on any atom is 0.265 e. The van der Waals surface area contributed by atoms with E-state index in [0.29, 0.717) is 11.4 Å². The van der Waals surface area contributed by atoms with Crippen molar-refractivity contribution in [2.24, 2.45) is 0 Å². The number of sulfonamides is 1. The van der Waals surface area contributed by atoms with Crippen LogP contribution in [-0.4, -0.2) is 20.6 Å². The summed E-state index contributed by atoms with van der Waals surface area (Å²) in [5, 5.41) is 9.52. The zero-order valence-corrected chi connectivity index (χ0v) is 12.2. The first-order chi connectivity index (χ1) is 9.32. The molecular formula is C13H13ClN2O3S. The summed E-state index contributed by atoms with van der Waals surface area (Å²) in [6.07, 6.45) is 0. The Morgan fingerprint density at radius 2 is 1.90 bits per heavy atom. The molecule has 2 rings (SSSR count). The number of benzene rings is 2. The Kier molecular flexibility index (Phi) is 3.78. The highest BCUT2D eigenvalue weighted by Gasteiger charge is 2.24. The molecule has 0 heterocycles. The molecule has 0 saturated carbocycles. The van der Waals surface area contributed by atoms with Crippen molar-refractivity contribution in [2.75, 3.05) is 17.1 Å². The van der Waals surface area contributed by atoms with Gasteiger partial charge < -0.3 is 10.8 Å². The van der Waals surface area contributed by atoms with Crippen LogP contribution in [0.25, 0.3) is 0 Å². The number of nitrogens with zero attached hydrogens (tertiary/aromatic N) is 1. The second kappa shape index (κ2) is 5.22. The quantitative estimate of drug-likeness (QED) is 0.853. The maximum atomic E-state index is 12.5. The standard InChI is InChI=1S/C13H13ClN2O3S/c1-16(10-3-2-4-11(17)8-10)20(18,19)13-7-9(15)5-6-12(13)14/h2-8,17H,15H2,1H3. The molecule has 0 amide bonds. The Bertz CT molecular complexity index is 747. The van der Waals surface area contributed by atoms with Crippen molar-refractivity contribution in [1.82, 2.24) is 0 Å². The Labute approximate surface area is 122 Å². The highest BCUT2D eigenvalue weighted by Crippen LogP contribution is 2.30. The largest absolute Gasteiger partial charge is 0.508 e. The van der Waals surface area contributed by atoms with Gasteiger partial charge in [-0.05, 0) is 30.3 Å². The van der Waals surface area contributed by atoms with E-state index < -0.39 is 10.0 Å². The summed E-state index contributed by atoms with van der Waals surface area (Å²) in [6, 6.07) is 10.2. The van der Waals surface area contributed by atoms with E-state index in [1.807, 2.05) is 0 Å². The molecule has 3 N–H and O–H groups in total. The SMILES string of the molecule is CN(c1cccc(O)c1)S(=O)(=O)c1cc(N)ccc1Cl. The van der Waals surface area contributed by atoms with Gasteiger partial charge in [-0.15, -0.1) is 0 Å². The van der Waals surface area contributed by atoms with E-state index in [4.69, 9.17) is 17.3 Å². The normalized spacial score (nSPS) is 11.3. The van der Waals surface area contributed by atoms with Crippen molar-refractivity contribution < 1.29 is 13.5 Å². The third-order valence-corrected chi connectivity index (χ3v) is 5.05. The van der Waals surface area contributed by atoms with Gasteiger partial charge in [0.2, 0.25) is 0 Å². The van der Waals surface area contributed by atoms with Crippen LogP contribution in [0.4, 0.5) is 11.4 Å². The molecule has 106 valence electrons. The van der Waals surface area contributed by atoms with Gasteiger partial charge in [-0.2, -0.15) is 0 Å². The number of aromatic hydroxyl groups is 1. The molecule has 0 aliphatic rings. The first-order valence-corrected chi connectivity index (χ1v) is 7.47. The van der Waals surface area contributed by atoms with E-state index in [9.17, 15) is 13.5 Å². The number of nitrogen functional groups attached to an aromatic ring is 1. The number of hydrogen-bond donors (Lipinski definition) is 2. The van der Waals surface area contributed by atoms with Gasteiger partial charge in [0.15, 0.2) is 0 Å². The number of hydrogen-bond acceptors (Lipinski definition) is 4. The van der Waals surface area contributed by atoms with Crippen LogP contribution in [0.15, 0.2) is 47.4 Å². The minimum atomic E-state index is -3.85. The lowest BCUT2D eigenvalue weighted by molar-refractivity contribution is 0.475. The molecule has 20 heavy (non-hydrogen) atoms. The lowest BCUT2D eigenvalue weighted by atomic mass is 10.3. The fourth-order valence-corrected chi connectivity index (χ4v) is 3.39. The summed E-state index contributed by atoms with van der Waals surface area (Å²) in [5.41, 5.74) is 6.23. The van der Waals surface area contributed by atoms with Crippen LogP contribution in [0.2, 0.25) is 5.02 Å². The Morgan fingerprint density at radius 1 is 1.20 bits per heavy atom. The number of halogens is 1. The van der Waals surface area contributed by atoms with E-state index in [0.717, 1.165) is 4.31 Å². The molecular weight excluding hydrogens is 300 g/mol. The highest BCUT2D eigenvalue weighted by molar-refractivity contribution is 7.93. The summed E-state index contributed by atoms with van der Waals surface area (Å²) in [5.74, 6) is -0.0248. The van der Waals surface area contributed by atoms with Crippen molar-refractivity contribution in [1.29, 1.82) is 0 Å². The summed E-state index contributed by atoms with van der Waals surface area (Å²) < 4.78 is 26.1. The van der Waals surface area contributed by atoms with Crippen LogP contribution >= 0.6 is 11.6 Å². The van der Waals surface area contributed by atoms with E-state index in [1.54, 1.807) is 12.1 Å². The van der Waals surface area contributed by atoms with Gasteiger partial charge in [-0.3, -0.25) is 4.31 Å². The fraction of sp³-hybridized carbons (Fsp3) is 0.0769. The lowest BCUT2D eigenvalue weighted by Gasteiger charge is -2.20. The van der Waals surface area contributed by atoms with Crippen LogP contribution in [-0.2, 0) is 10.0 Å². The van der Waals surface area contributed by atoms with Gasteiger partial charge in [-0.25, -0.2) is 8.42 Å². The van der Waals surface area contributed by atoms with Gasteiger partial charge >= 0.3 is 0 Å². The Balaban J connectivity index is 2.52.